The Morgan fingerprint density at radius 1 is 1.27 bits per heavy atom. The van der Waals surface area contributed by atoms with Crippen molar-refractivity contribution < 1.29 is 4.79 Å². The van der Waals surface area contributed by atoms with Crippen LogP contribution < -0.4 is 4.90 Å². The Labute approximate surface area is 159 Å². The molecule has 4 rings (SSSR count). The number of hydrogen-bond acceptors (Lipinski definition) is 5. The molecule has 0 radical (unpaired) electrons. The Hall–Kier alpha value is -2.48. The van der Waals surface area contributed by atoms with E-state index in [1.165, 1.54) is 0 Å². The van der Waals surface area contributed by atoms with Crippen molar-refractivity contribution >= 4 is 38.7 Å². The largest absolute Gasteiger partial charge is 0.356 e. The van der Waals surface area contributed by atoms with E-state index in [2.05, 4.69) is 40.8 Å². The lowest BCUT2D eigenvalue weighted by Gasteiger charge is -2.37. The highest BCUT2D eigenvalue weighted by molar-refractivity contribution is 9.10. The summed E-state index contributed by atoms with van der Waals surface area (Å²) in [7, 11) is 1.88. The van der Waals surface area contributed by atoms with Crippen LogP contribution in [0.4, 0.5) is 5.82 Å². The molecule has 3 aromatic heterocycles. The van der Waals surface area contributed by atoms with Gasteiger partial charge in [-0.2, -0.15) is 0 Å². The van der Waals surface area contributed by atoms with Crippen molar-refractivity contribution in [2.45, 2.75) is 18.9 Å². The molecule has 1 aliphatic heterocycles. The molecule has 1 amide bonds. The van der Waals surface area contributed by atoms with Crippen LogP contribution in [0.15, 0.2) is 41.5 Å². The lowest BCUT2D eigenvalue weighted by Crippen LogP contribution is -2.46. The quantitative estimate of drug-likeness (QED) is 0.712. The van der Waals surface area contributed by atoms with Gasteiger partial charge in [0.2, 0.25) is 0 Å². The molecule has 1 aliphatic rings. The van der Waals surface area contributed by atoms with E-state index in [-0.39, 0.29) is 11.9 Å². The third kappa shape index (κ3) is 3.05. The number of aromatic amines is 1. The Bertz CT molecular complexity index is 920. The molecule has 4 heterocycles. The molecule has 1 N–H and O–H groups in total. The molecule has 3 aromatic rings. The van der Waals surface area contributed by atoms with E-state index in [4.69, 9.17) is 0 Å². The fourth-order valence-corrected chi connectivity index (χ4v) is 3.96. The van der Waals surface area contributed by atoms with Crippen LogP contribution in [0.25, 0.3) is 11.0 Å². The number of amides is 1. The topological polar surface area (TPSA) is 78.0 Å². The van der Waals surface area contributed by atoms with E-state index in [0.29, 0.717) is 5.56 Å². The summed E-state index contributed by atoms with van der Waals surface area (Å²) < 4.78 is 0.968. The van der Waals surface area contributed by atoms with E-state index >= 15 is 0 Å². The van der Waals surface area contributed by atoms with Crippen LogP contribution in [-0.2, 0) is 0 Å². The Morgan fingerprint density at radius 2 is 2.00 bits per heavy atom. The van der Waals surface area contributed by atoms with Gasteiger partial charge in [0.05, 0.1) is 5.39 Å². The second-order valence-corrected chi connectivity index (χ2v) is 7.28. The summed E-state index contributed by atoms with van der Waals surface area (Å²) in [5.74, 6) is 0.980. The highest BCUT2D eigenvalue weighted by Crippen LogP contribution is 2.32. The smallest absolute Gasteiger partial charge is 0.253 e. The van der Waals surface area contributed by atoms with Crippen molar-refractivity contribution in [2.75, 3.05) is 25.0 Å². The number of nitrogens with one attached hydrogen (secondary N) is 1. The molecule has 1 fully saturated rings. The Balaban J connectivity index is 1.47. The number of halogens is 1. The zero-order chi connectivity index (χ0) is 18.1. The van der Waals surface area contributed by atoms with Crippen molar-refractivity contribution in [1.29, 1.82) is 0 Å². The minimum Gasteiger partial charge on any atom is -0.356 e. The van der Waals surface area contributed by atoms with Gasteiger partial charge in [0.1, 0.15) is 17.8 Å². The number of anilines is 1. The summed E-state index contributed by atoms with van der Waals surface area (Å²) in [4.78, 5) is 32.6. The summed E-state index contributed by atoms with van der Waals surface area (Å²) in [5.41, 5.74) is 1.51. The third-order valence-corrected chi connectivity index (χ3v) is 5.59. The van der Waals surface area contributed by atoms with Crippen LogP contribution in [0.1, 0.15) is 23.2 Å². The molecule has 1 saturated heterocycles. The lowest BCUT2D eigenvalue weighted by atomic mass is 10.0. The van der Waals surface area contributed by atoms with Crippen molar-refractivity contribution in [2.24, 2.45) is 0 Å². The normalized spacial score (nSPS) is 15.4. The lowest BCUT2D eigenvalue weighted by molar-refractivity contribution is 0.0709. The van der Waals surface area contributed by atoms with Gasteiger partial charge < -0.3 is 14.8 Å². The van der Waals surface area contributed by atoms with Crippen LogP contribution in [-0.4, -0.2) is 56.9 Å². The van der Waals surface area contributed by atoms with Crippen molar-refractivity contribution in [3.05, 3.63) is 47.1 Å². The Kier molecular flexibility index (Phi) is 4.58. The van der Waals surface area contributed by atoms with Gasteiger partial charge in [-0.05, 0) is 40.9 Å². The zero-order valence-electron chi connectivity index (χ0n) is 14.4. The van der Waals surface area contributed by atoms with Gasteiger partial charge in [0, 0.05) is 54.8 Å². The molecular formula is C18H19BrN6O. The van der Waals surface area contributed by atoms with Gasteiger partial charge in [0.15, 0.2) is 0 Å². The fourth-order valence-electron chi connectivity index (χ4n) is 3.48. The SMILES string of the molecule is CN(C(=O)c1ccncc1)C1CCN(c2ncnc3[nH]cc(Br)c23)CC1. The average molecular weight is 415 g/mol. The first-order valence-electron chi connectivity index (χ1n) is 8.55. The number of fused-ring (bicyclic) bond motifs is 1. The standard InChI is InChI=1S/C18H19BrN6O/c1-24(18(26)12-2-6-20-7-3-12)13-4-8-25(9-5-13)17-15-14(19)10-21-16(15)22-11-23-17/h2-3,6-7,10-11,13H,4-5,8-9H2,1H3,(H,21,22,23). The molecule has 26 heavy (non-hydrogen) atoms. The molecule has 0 unspecified atom stereocenters. The monoisotopic (exact) mass is 414 g/mol. The second kappa shape index (κ2) is 7.03. The van der Waals surface area contributed by atoms with Crippen LogP contribution in [0.5, 0.6) is 0 Å². The first-order chi connectivity index (χ1) is 12.6. The molecule has 0 aliphatic carbocycles. The van der Waals surface area contributed by atoms with Crippen molar-refractivity contribution in [1.82, 2.24) is 24.8 Å². The number of aromatic nitrogens is 4. The maximum absolute atomic E-state index is 12.6. The summed E-state index contributed by atoms with van der Waals surface area (Å²) >= 11 is 3.57. The minimum atomic E-state index is 0.0451. The van der Waals surface area contributed by atoms with E-state index in [1.807, 2.05) is 18.1 Å². The van der Waals surface area contributed by atoms with E-state index < -0.39 is 0 Å². The van der Waals surface area contributed by atoms with Gasteiger partial charge in [0.25, 0.3) is 5.91 Å². The van der Waals surface area contributed by atoms with Crippen LogP contribution >= 0.6 is 15.9 Å². The maximum atomic E-state index is 12.6. The predicted molar refractivity (Wildman–Crippen MR) is 103 cm³/mol. The molecule has 8 heteroatoms. The van der Waals surface area contributed by atoms with E-state index in [9.17, 15) is 4.79 Å². The summed E-state index contributed by atoms with van der Waals surface area (Å²) in [6, 6.07) is 3.74. The number of carbonyl (C=O) groups is 1. The number of H-pyrrole nitrogens is 1. The van der Waals surface area contributed by atoms with Gasteiger partial charge in [-0.3, -0.25) is 9.78 Å². The molecule has 134 valence electrons. The summed E-state index contributed by atoms with van der Waals surface area (Å²) in [6.45, 7) is 1.70. The highest BCUT2D eigenvalue weighted by atomic mass is 79.9. The molecule has 0 spiro atoms. The average Bonchev–Trinajstić information content (AvgIpc) is 3.09. The van der Waals surface area contributed by atoms with Gasteiger partial charge in [-0.15, -0.1) is 0 Å². The molecular weight excluding hydrogens is 396 g/mol. The van der Waals surface area contributed by atoms with Gasteiger partial charge in [-0.1, -0.05) is 0 Å². The van der Waals surface area contributed by atoms with Crippen molar-refractivity contribution in [3.63, 3.8) is 0 Å². The number of nitrogens with zero attached hydrogens (tertiary/aromatic N) is 5. The summed E-state index contributed by atoms with van der Waals surface area (Å²) in [6.07, 6.45) is 8.59. The number of pyridine rings is 1. The van der Waals surface area contributed by atoms with Crippen LogP contribution in [0, 0.1) is 0 Å². The van der Waals surface area contributed by atoms with E-state index in [0.717, 1.165) is 47.3 Å². The minimum absolute atomic E-state index is 0.0451. The zero-order valence-corrected chi connectivity index (χ0v) is 16.0. The molecule has 0 atom stereocenters. The molecule has 0 saturated carbocycles. The maximum Gasteiger partial charge on any atom is 0.253 e. The predicted octanol–water partition coefficient (Wildman–Crippen LogP) is 2.86. The first kappa shape index (κ1) is 17.0. The molecule has 7 nitrogen and oxygen atoms in total. The number of carbonyl (C=O) groups excluding carboxylic acids is 1. The number of hydrogen-bond donors (Lipinski definition) is 1. The molecule has 0 bridgehead atoms. The van der Waals surface area contributed by atoms with Gasteiger partial charge >= 0.3 is 0 Å². The van der Waals surface area contributed by atoms with Gasteiger partial charge in [-0.25, -0.2) is 9.97 Å². The van der Waals surface area contributed by atoms with Crippen molar-refractivity contribution in [3.8, 4) is 0 Å². The van der Waals surface area contributed by atoms with E-state index in [1.54, 1.807) is 30.9 Å². The number of rotatable bonds is 3. The Morgan fingerprint density at radius 3 is 2.73 bits per heavy atom. The second-order valence-electron chi connectivity index (χ2n) is 6.43. The third-order valence-electron chi connectivity index (χ3n) is 4.96. The van der Waals surface area contributed by atoms with Crippen LogP contribution in [0.3, 0.4) is 0 Å². The molecule has 0 aromatic carbocycles. The highest BCUT2D eigenvalue weighted by Gasteiger charge is 2.27. The van der Waals surface area contributed by atoms with Crippen LogP contribution in [0.2, 0.25) is 0 Å². The fraction of sp³-hybridized carbons (Fsp3) is 0.333. The number of piperidine rings is 1. The summed E-state index contributed by atoms with van der Waals surface area (Å²) in [5, 5.41) is 1.01. The first-order valence-corrected chi connectivity index (χ1v) is 9.34.